The summed E-state index contributed by atoms with van der Waals surface area (Å²) in [5.41, 5.74) is 24.3. The third-order valence-corrected chi connectivity index (χ3v) is 32.9. The summed E-state index contributed by atoms with van der Waals surface area (Å²) in [6.07, 6.45) is 6.88. The average Bonchev–Trinajstić information content (AvgIpc) is 3.65. The summed E-state index contributed by atoms with van der Waals surface area (Å²) in [6, 6.07) is 18.1. The summed E-state index contributed by atoms with van der Waals surface area (Å²) < 4.78 is 0.942. The zero-order chi connectivity index (χ0) is 34.2. The van der Waals surface area contributed by atoms with Crippen molar-refractivity contribution in [1.82, 2.24) is 0 Å². The Bertz CT molecular complexity index is 1850. The monoisotopic (exact) mass is 739 g/mol. The van der Waals surface area contributed by atoms with E-state index in [9.17, 15) is 0 Å². The molecule has 47 heavy (non-hydrogen) atoms. The molecule has 0 spiro atoms. The van der Waals surface area contributed by atoms with Crippen molar-refractivity contribution in [3.8, 4) is 22.3 Å². The fourth-order valence-corrected chi connectivity index (χ4v) is 27.7. The van der Waals surface area contributed by atoms with Gasteiger partial charge < -0.3 is 0 Å². The van der Waals surface area contributed by atoms with Gasteiger partial charge in [-0.2, -0.15) is 0 Å². The van der Waals surface area contributed by atoms with Crippen LogP contribution in [0.1, 0.15) is 108 Å². The predicted molar refractivity (Wildman–Crippen MR) is 206 cm³/mol. The second-order valence-electron chi connectivity index (χ2n) is 14.6. The summed E-state index contributed by atoms with van der Waals surface area (Å²) in [5.74, 6) is 0. The summed E-state index contributed by atoms with van der Waals surface area (Å²) in [7, 11) is 17.3. The van der Waals surface area contributed by atoms with E-state index in [1.807, 2.05) is 0 Å². The first-order valence-corrected chi connectivity index (χ1v) is 28.5. The van der Waals surface area contributed by atoms with Crippen LogP contribution in [0, 0.1) is 55.4 Å². The van der Waals surface area contributed by atoms with Gasteiger partial charge in [-0.05, 0) is 0 Å². The number of fused-ring (bicyclic) bond motifs is 2. The number of rotatable bonds is 7. The summed E-state index contributed by atoms with van der Waals surface area (Å²) in [5, 5.41) is 0. The third kappa shape index (κ3) is 5.17. The Morgan fingerprint density at radius 1 is 0.489 bits per heavy atom. The van der Waals surface area contributed by atoms with Crippen LogP contribution in [0.3, 0.4) is 0 Å². The molecule has 0 radical (unpaired) electrons. The molecule has 6 rings (SSSR count). The fourth-order valence-electron chi connectivity index (χ4n) is 9.09. The Balaban J connectivity index is 1.67. The van der Waals surface area contributed by atoms with Gasteiger partial charge in [0.25, 0.3) is 0 Å². The van der Waals surface area contributed by atoms with Crippen molar-refractivity contribution >= 4 is 29.2 Å². The number of hydrogen-bond donors (Lipinski definition) is 0. The summed E-state index contributed by atoms with van der Waals surface area (Å²) in [6.45, 7) is 25.1. The van der Waals surface area contributed by atoms with Gasteiger partial charge in [-0.1, -0.05) is 0 Å². The van der Waals surface area contributed by atoms with Crippen molar-refractivity contribution in [2.75, 3.05) is 0 Å². The second kappa shape index (κ2) is 12.3. The minimum atomic E-state index is -4.93. The maximum atomic E-state index is 8.65. The van der Waals surface area contributed by atoms with Crippen molar-refractivity contribution < 1.29 is 16.4 Å². The molecule has 0 nitrogen and oxygen atoms in total. The molecule has 0 aromatic heterocycles. The van der Waals surface area contributed by atoms with Crippen molar-refractivity contribution in [3.05, 3.63) is 126 Å². The van der Waals surface area contributed by atoms with Crippen LogP contribution in [0.25, 0.3) is 34.4 Å². The molecule has 0 N–H and O–H groups in total. The average molecular weight is 742 g/mol. The standard InChI is InChI=1S/2C21H23.C2H5.2ClH.Zr/c2*1-6-17-11-19-15(4)14(3)16(5)21(20(19)12-17)18-9-7-13(2)8-10-18;1-2;;;/h2*7-12H,6H2,1-5H3;1H2,2H3;2*1H;/q;;;;;+2/p-2. The SMILES string of the molecule is CCC1=Cc2c(-c3ccc(C)cc3)c(C)c(C)c(C)c2[CH]1[Zr]([Cl])([Cl])([CH2]C)[CH]1C(CC)=Cc2c(-c3ccc(C)cc3)c(C)c(C)c(C)c21. The molecular formula is C44H51Cl2Zr. The molecule has 4 aromatic rings. The molecule has 2 aliphatic carbocycles. The molecule has 2 unspecified atom stereocenters. The molecule has 0 heterocycles. The van der Waals surface area contributed by atoms with E-state index in [0.29, 0.717) is 0 Å². The van der Waals surface area contributed by atoms with E-state index < -0.39 is 16.4 Å². The normalized spacial score (nSPS) is 18.0. The maximum absolute atomic E-state index is 8.65. The van der Waals surface area contributed by atoms with Gasteiger partial charge in [0, 0.05) is 0 Å². The molecule has 0 bridgehead atoms. The van der Waals surface area contributed by atoms with Crippen molar-refractivity contribution in [2.45, 2.75) is 100 Å². The Kier molecular flexibility index (Phi) is 9.08. The fraction of sp³-hybridized carbons (Fsp3) is 0.364. The molecule has 4 aromatic carbocycles. The van der Waals surface area contributed by atoms with Crippen molar-refractivity contribution in [1.29, 1.82) is 0 Å². The third-order valence-electron chi connectivity index (χ3n) is 12.3. The molecular weight excluding hydrogens is 691 g/mol. The van der Waals surface area contributed by atoms with E-state index in [1.165, 1.54) is 100 Å². The van der Waals surface area contributed by atoms with E-state index in [1.54, 1.807) is 0 Å². The van der Waals surface area contributed by atoms with Crippen LogP contribution in [0.2, 0.25) is 4.13 Å². The van der Waals surface area contributed by atoms with Crippen LogP contribution >= 0.6 is 17.0 Å². The van der Waals surface area contributed by atoms with E-state index in [2.05, 4.69) is 137 Å². The Morgan fingerprint density at radius 2 is 0.830 bits per heavy atom. The van der Waals surface area contributed by atoms with Gasteiger partial charge in [0.05, 0.1) is 0 Å². The van der Waals surface area contributed by atoms with Crippen molar-refractivity contribution in [3.63, 3.8) is 0 Å². The number of halogens is 2. The van der Waals surface area contributed by atoms with Gasteiger partial charge in [-0.25, -0.2) is 0 Å². The molecule has 0 fully saturated rings. The second-order valence-corrected chi connectivity index (χ2v) is 37.5. The molecule has 0 amide bonds. The van der Waals surface area contributed by atoms with Gasteiger partial charge in [0.2, 0.25) is 0 Å². The Hall–Kier alpha value is -2.18. The van der Waals surface area contributed by atoms with E-state index >= 15 is 0 Å². The number of hydrogen-bond acceptors (Lipinski definition) is 0. The van der Waals surface area contributed by atoms with Crippen LogP contribution in [0.15, 0.2) is 59.7 Å². The quantitative estimate of drug-likeness (QED) is 0.177. The van der Waals surface area contributed by atoms with Gasteiger partial charge in [-0.15, -0.1) is 0 Å². The molecule has 0 saturated heterocycles. The van der Waals surface area contributed by atoms with E-state index in [0.717, 1.165) is 17.0 Å². The predicted octanol–water partition coefficient (Wildman–Crippen LogP) is 14.3. The van der Waals surface area contributed by atoms with E-state index in [-0.39, 0.29) is 7.25 Å². The molecule has 245 valence electrons. The first-order valence-electron chi connectivity index (χ1n) is 17.6. The summed E-state index contributed by atoms with van der Waals surface area (Å²) in [4.78, 5) is 0. The van der Waals surface area contributed by atoms with E-state index in [4.69, 9.17) is 17.0 Å². The Morgan fingerprint density at radius 3 is 1.13 bits per heavy atom. The zero-order valence-electron chi connectivity index (χ0n) is 30.3. The minimum absolute atomic E-state index is 0.0583. The van der Waals surface area contributed by atoms with Crippen molar-refractivity contribution in [2.24, 2.45) is 0 Å². The van der Waals surface area contributed by atoms with Gasteiger partial charge in [-0.3, -0.25) is 0 Å². The Labute approximate surface area is 292 Å². The van der Waals surface area contributed by atoms with Crippen LogP contribution in [-0.2, 0) is 16.4 Å². The molecule has 2 atom stereocenters. The molecule has 3 heteroatoms. The van der Waals surface area contributed by atoms with Crippen LogP contribution in [0.5, 0.6) is 0 Å². The molecule has 2 aliphatic rings. The molecule has 0 aliphatic heterocycles. The van der Waals surface area contributed by atoms with Gasteiger partial charge in [0.1, 0.15) is 0 Å². The molecule has 0 saturated carbocycles. The van der Waals surface area contributed by atoms with Crippen LogP contribution in [-0.4, -0.2) is 0 Å². The van der Waals surface area contributed by atoms with Gasteiger partial charge in [0.15, 0.2) is 0 Å². The summed E-state index contributed by atoms with van der Waals surface area (Å²) >= 11 is -4.93. The zero-order valence-corrected chi connectivity index (χ0v) is 34.3. The number of benzene rings is 4. The number of aryl methyl sites for hydroxylation is 2. The van der Waals surface area contributed by atoms with Gasteiger partial charge >= 0.3 is 295 Å². The first kappa shape index (κ1) is 34.7. The van der Waals surface area contributed by atoms with Crippen LogP contribution in [0.4, 0.5) is 0 Å². The topological polar surface area (TPSA) is 0 Å². The number of allylic oxidation sites excluding steroid dienone is 2. The first-order chi connectivity index (χ1) is 22.2. The van der Waals surface area contributed by atoms with Crippen LogP contribution < -0.4 is 0 Å².